The van der Waals surface area contributed by atoms with Crippen molar-refractivity contribution in [1.82, 2.24) is 9.97 Å². The Morgan fingerprint density at radius 2 is 1.45 bits per heavy atom. The van der Waals surface area contributed by atoms with Gasteiger partial charge in [0.25, 0.3) is 0 Å². The van der Waals surface area contributed by atoms with Crippen molar-refractivity contribution in [2.24, 2.45) is 11.8 Å². The zero-order valence-electron chi connectivity index (χ0n) is 19.2. The number of aromatic nitrogens is 2. The first-order valence-electron chi connectivity index (χ1n) is 11.0. The van der Waals surface area contributed by atoms with Crippen molar-refractivity contribution >= 4 is 0 Å². The van der Waals surface area contributed by atoms with Gasteiger partial charge in [0.05, 0.1) is 12.2 Å². The molecule has 4 nitrogen and oxygen atoms in total. The highest BCUT2D eigenvalue weighted by Gasteiger charge is 2.15. The third kappa shape index (κ3) is 8.04. The van der Waals surface area contributed by atoms with E-state index in [0.717, 1.165) is 42.4 Å². The molecule has 2 rings (SSSR count). The molecule has 2 heterocycles. The van der Waals surface area contributed by atoms with Crippen LogP contribution in [0.5, 0.6) is 11.8 Å². The molecule has 0 aliphatic heterocycles. The van der Waals surface area contributed by atoms with E-state index in [9.17, 15) is 0 Å². The van der Waals surface area contributed by atoms with E-state index in [2.05, 4.69) is 58.7 Å². The zero-order valence-corrected chi connectivity index (χ0v) is 19.2. The first kappa shape index (κ1) is 23.2. The fraction of sp³-hybridized carbons (Fsp3) is 0.600. The van der Waals surface area contributed by atoms with E-state index in [0.29, 0.717) is 17.8 Å². The number of ether oxygens (including phenoxy) is 2. The van der Waals surface area contributed by atoms with Gasteiger partial charge >= 0.3 is 0 Å². The predicted octanol–water partition coefficient (Wildman–Crippen LogP) is 6.59. The minimum absolute atomic E-state index is 0.155. The third-order valence-corrected chi connectivity index (χ3v) is 5.51. The molecule has 0 bridgehead atoms. The molecule has 0 aromatic carbocycles. The Morgan fingerprint density at radius 3 is 2.10 bits per heavy atom. The van der Waals surface area contributed by atoms with Crippen LogP contribution in [0.25, 0.3) is 0 Å². The van der Waals surface area contributed by atoms with Crippen molar-refractivity contribution < 1.29 is 9.47 Å². The van der Waals surface area contributed by atoms with Crippen LogP contribution in [-0.2, 0) is 0 Å². The summed E-state index contributed by atoms with van der Waals surface area (Å²) in [6.07, 6.45) is 3.59. The van der Waals surface area contributed by atoms with Crippen LogP contribution in [-0.4, -0.2) is 22.2 Å². The van der Waals surface area contributed by atoms with Crippen LogP contribution < -0.4 is 9.47 Å². The van der Waals surface area contributed by atoms with Gasteiger partial charge in [-0.2, -0.15) is 0 Å². The summed E-state index contributed by atoms with van der Waals surface area (Å²) < 4.78 is 12.0. The Hall–Kier alpha value is -2.10. The van der Waals surface area contributed by atoms with Gasteiger partial charge in [-0.3, -0.25) is 0 Å². The van der Waals surface area contributed by atoms with Crippen LogP contribution in [0.4, 0.5) is 0 Å². The highest BCUT2D eigenvalue weighted by molar-refractivity contribution is 5.18. The van der Waals surface area contributed by atoms with Gasteiger partial charge in [0.1, 0.15) is 0 Å². The topological polar surface area (TPSA) is 44.2 Å². The maximum absolute atomic E-state index is 5.99. The Labute approximate surface area is 177 Å². The maximum atomic E-state index is 5.99. The molecule has 2 aromatic heterocycles. The molecule has 0 N–H and O–H groups in total. The molecule has 29 heavy (non-hydrogen) atoms. The van der Waals surface area contributed by atoms with Gasteiger partial charge in [0.15, 0.2) is 0 Å². The third-order valence-electron chi connectivity index (χ3n) is 5.51. The zero-order chi connectivity index (χ0) is 21.4. The molecular formula is C25H38N2O2. The van der Waals surface area contributed by atoms with Gasteiger partial charge in [-0.25, -0.2) is 9.97 Å². The van der Waals surface area contributed by atoms with Crippen molar-refractivity contribution in [2.45, 2.75) is 85.9 Å². The van der Waals surface area contributed by atoms with Gasteiger partial charge in [-0.1, -0.05) is 39.8 Å². The van der Waals surface area contributed by atoms with Crippen LogP contribution in [0.3, 0.4) is 0 Å². The van der Waals surface area contributed by atoms with E-state index in [1.165, 1.54) is 0 Å². The Bertz CT molecular complexity index is 747. The van der Waals surface area contributed by atoms with Gasteiger partial charge in [-0.05, 0) is 69.9 Å². The standard InChI is InChI=1S/C25H38N2O2/c1-17(2)22(7)29-25-13-9-11-23(27-25)19(4)15-14-18(3)16-21(6)28-24-12-8-10-20(5)26-24/h8-13,17-19,21-22H,14-16H2,1-7H3. The summed E-state index contributed by atoms with van der Waals surface area (Å²) in [4.78, 5) is 9.17. The SMILES string of the molecule is Cc1cccc(OC(C)CC(C)CCC(C)c2cccc(OC(C)C(C)C)n2)n1. The van der Waals surface area contributed by atoms with E-state index >= 15 is 0 Å². The van der Waals surface area contributed by atoms with Crippen LogP contribution >= 0.6 is 0 Å². The lowest BCUT2D eigenvalue weighted by molar-refractivity contribution is 0.163. The second-order valence-electron chi connectivity index (χ2n) is 8.83. The molecule has 0 fully saturated rings. The lowest BCUT2D eigenvalue weighted by atomic mass is 9.92. The second-order valence-corrected chi connectivity index (χ2v) is 8.83. The van der Waals surface area contributed by atoms with Crippen LogP contribution in [0.15, 0.2) is 36.4 Å². The van der Waals surface area contributed by atoms with E-state index in [1.54, 1.807) is 0 Å². The number of nitrogens with zero attached hydrogens (tertiary/aromatic N) is 2. The number of pyridine rings is 2. The van der Waals surface area contributed by atoms with Crippen LogP contribution in [0, 0.1) is 18.8 Å². The summed E-state index contributed by atoms with van der Waals surface area (Å²) in [7, 11) is 0. The van der Waals surface area contributed by atoms with E-state index < -0.39 is 0 Å². The average molecular weight is 399 g/mol. The number of hydrogen-bond acceptors (Lipinski definition) is 4. The van der Waals surface area contributed by atoms with Crippen molar-refractivity contribution in [3.63, 3.8) is 0 Å². The molecule has 0 saturated carbocycles. The fourth-order valence-electron chi connectivity index (χ4n) is 3.30. The van der Waals surface area contributed by atoms with Gasteiger partial charge < -0.3 is 9.47 Å². The van der Waals surface area contributed by atoms with Gasteiger partial charge in [0.2, 0.25) is 11.8 Å². The number of hydrogen-bond donors (Lipinski definition) is 0. The van der Waals surface area contributed by atoms with Gasteiger partial charge in [0, 0.05) is 23.5 Å². The summed E-state index contributed by atoms with van der Waals surface area (Å²) in [6, 6.07) is 12.0. The second kappa shape index (κ2) is 11.2. The van der Waals surface area contributed by atoms with Crippen molar-refractivity contribution in [3.8, 4) is 11.8 Å². The summed E-state index contributed by atoms with van der Waals surface area (Å²) in [5.41, 5.74) is 2.09. The van der Waals surface area contributed by atoms with Crippen LogP contribution in [0.1, 0.15) is 78.1 Å². The van der Waals surface area contributed by atoms with E-state index in [1.807, 2.05) is 31.2 Å². The molecule has 4 unspecified atom stereocenters. The quantitative estimate of drug-likeness (QED) is 0.428. The molecule has 0 saturated heterocycles. The monoisotopic (exact) mass is 398 g/mol. The average Bonchev–Trinajstić information content (AvgIpc) is 2.66. The first-order chi connectivity index (χ1) is 13.7. The predicted molar refractivity (Wildman–Crippen MR) is 120 cm³/mol. The molecule has 160 valence electrons. The fourth-order valence-corrected chi connectivity index (χ4v) is 3.30. The summed E-state index contributed by atoms with van der Waals surface area (Å²) in [5, 5.41) is 0. The first-order valence-corrected chi connectivity index (χ1v) is 11.0. The molecule has 2 aromatic rings. The Morgan fingerprint density at radius 1 is 0.793 bits per heavy atom. The highest BCUT2D eigenvalue weighted by atomic mass is 16.5. The lowest BCUT2D eigenvalue weighted by Crippen LogP contribution is -2.19. The summed E-state index contributed by atoms with van der Waals surface area (Å²) in [6.45, 7) is 15.1. The molecular weight excluding hydrogens is 360 g/mol. The normalized spacial score (nSPS) is 15.6. The molecule has 0 radical (unpaired) electrons. The molecule has 0 amide bonds. The highest BCUT2D eigenvalue weighted by Crippen LogP contribution is 2.26. The molecule has 0 aliphatic carbocycles. The van der Waals surface area contributed by atoms with Gasteiger partial charge in [-0.15, -0.1) is 0 Å². The molecule has 4 heteroatoms. The van der Waals surface area contributed by atoms with E-state index in [4.69, 9.17) is 14.5 Å². The summed E-state index contributed by atoms with van der Waals surface area (Å²) >= 11 is 0. The van der Waals surface area contributed by atoms with E-state index in [-0.39, 0.29) is 12.2 Å². The number of aryl methyl sites for hydroxylation is 1. The number of rotatable bonds is 11. The minimum Gasteiger partial charge on any atom is -0.475 e. The lowest BCUT2D eigenvalue weighted by Gasteiger charge is -2.21. The maximum Gasteiger partial charge on any atom is 0.213 e. The minimum atomic E-state index is 0.155. The van der Waals surface area contributed by atoms with Crippen molar-refractivity contribution in [2.75, 3.05) is 0 Å². The Kier molecular flexibility index (Phi) is 8.94. The Balaban J connectivity index is 1.81. The van der Waals surface area contributed by atoms with Crippen LogP contribution in [0.2, 0.25) is 0 Å². The van der Waals surface area contributed by atoms with Crippen molar-refractivity contribution in [1.29, 1.82) is 0 Å². The molecule has 0 aliphatic rings. The molecule has 4 atom stereocenters. The summed E-state index contributed by atoms with van der Waals surface area (Å²) in [5.74, 6) is 2.91. The van der Waals surface area contributed by atoms with Crippen molar-refractivity contribution in [3.05, 3.63) is 47.8 Å². The smallest absolute Gasteiger partial charge is 0.213 e. The largest absolute Gasteiger partial charge is 0.475 e. The molecule has 0 spiro atoms.